The topological polar surface area (TPSA) is 523 Å². The van der Waals surface area contributed by atoms with Crippen LogP contribution in [0.3, 0.4) is 0 Å². The molecule has 0 unspecified atom stereocenters. The summed E-state index contributed by atoms with van der Waals surface area (Å²) in [6.45, 7) is 1.10. The zero-order valence-electron chi connectivity index (χ0n) is 56.5. The number of aliphatic hydroxyl groups is 3. The molecule has 11 amide bonds. The Hall–Kier alpha value is -9.84. The molecule has 0 spiro atoms. The number of aromatic hydroxyl groups is 1. The average molecular weight is 1450 g/mol. The predicted molar refractivity (Wildman–Crippen MR) is 380 cm³/mol. The van der Waals surface area contributed by atoms with Crippen LogP contribution in [0.2, 0.25) is 0 Å². The van der Waals surface area contributed by atoms with Crippen molar-refractivity contribution in [3.63, 3.8) is 0 Å². The summed E-state index contributed by atoms with van der Waals surface area (Å²) in [5, 5.41) is 76.5. The maximum absolute atomic E-state index is 15.2. The number of amides is 11. The highest BCUT2D eigenvalue weighted by molar-refractivity contribution is 7.99. The molecule has 22 N–H and O–H groups in total. The molecule has 1 aromatic heterocycles. The van der Waals surface area contributed by atoms with Crippen LogP contribution < -0.4 is 70.4 Å². The molecule has 34 heteroatoms. The van der Waals surface area contributed by atoms with Crippen molar-refractivity contribution in [3.05, 3.63) is 132 Å². The molecule has 6 rings (SSSR count). The van der Waals surface area contributed by atoms with Crippen LogP contribution in [-0.4, -0.2) is 229 Å². The monoisotopic (exact) mass is 1450 g/mol. The first-order chi connectivity index (χ1) is 48.6. The Kier molecular flexibility index (Phi) is 31.8. The lowest BCUT2D eigenvalue weighted by molar-refractivity contribution is -0.144. The van der Waals surface area contributed by atoms with Gasteiger partial charge < -0.3 is 106 Å². The number of carboxylic acid groups (broad SMARTS) is 1. The summed E-state index contributed by atoms with van der Waals surface area (Å²) in [7, 11) is 1.30. The molecule has 0 aliphatic carbocycles. The molecule has 0 bridgehead atoms. The number of unbranched alkanes of at least 4 members (excludes halogenated alkanes) is 1. The Bertz CT molecular complexity index is 3700. The molecule has 4 aromatic carbocycles. The number of para-hydroxylation sites is 1. The number of aromatic amines is 1. The number of carbonyl (C=O) groups is 12. The van der Waals surface area contributed by atoms with Crippen LogP contribution in [0, 0.1) is 0 Å². The van der Waals surface area contributed by atoms with Crippen LogP contribution in [0.1, 0.15) is 61.8 Å². The van der Waals surface area contributed by atoms with E-state index in [2.05, 4.69) is 65.5 Å². The van der Waals surface area contributed by atoms with Gasteiger partial charge in [0.1, 0.15) is 72.2 Å². The number of nitrogens with two attached hydrogens (primary N) is 3. The number of phenolic OH excluding ortho intramolecular Hbond substituents is 1. The number of thioether (sulfide) groups is 1. The zero-order valence-corrected chi connectivity index (χ0v) is 58.2. The van der Waals surface area contributed by atoms with Crippen molar-refractivity contribution in [2.24, 2.45) is 11.5 Å². The number of carboxylic acids is 1. The summed E-state index contributed by atoms with van der Waals surface area (Å²) in [5.74, 6) is -12.5. The minimum Gasteiger partial charge on any atom is -0.508 e. The Morgan fingerprint density at radius 1 is 0.637 bits per heavy atom. The van der Waals surface area contributed by atoms with E-state index in [4.69, 9.17) is 17.2 Å². The number of hydrogen-bond acceptors (Lipinski definition) is 21. The second-order valence-corrected chi connectivity index (χ2v) is 26.1. The van der Waals surface area contributed by atoms with E-state index in [9.17, 15) is 68.7 Å². The minimum atomic E-state index is -1.78. The van der Waals surface area contributed by atoms with Gasteiger partial charge in [0.05, 0.1) is 24.6 Å². The largest absolute Gasteiger partial charge is 0.508 e. The quantitative estimate of drug-likeness (QED) is 0.0112. The summed E-state index contributed by atoms with van der Waals surface area (Å²) in [6.07, 6.45) is -1.73. The first-order valence-electron chi connectivity index (χ1n) is 32.9. The molecule has 1 saturated heterocycles. The van der Waals surface area contributed by atoms with Gasteiger partial charge in [-0.2, -0.15) is 24.4 Å². The van der Waals surface area contributed by atoms with E-state index in [1.807, 2.05) is 17.4 Å². The lowest BCUT2D eigenvalue weighted by atomic mass is 10.00. The summed E-state index contributed by atoms with van der Waals surface area (Å²) in [5.41, 5.74) is 21.2. The SMILES string of the molecule is C[C@H](O)[C@H](NC(=O)[C@H](CS)NC(=O)[C@H](Cc1ccc(N)cc1)NC(=O)[C@@H](N)CNC(=O)CSCC[C@H]1C(=O)N[C@@H](Cc2ccc(O)cc2)C(=O)N[C@H](Cc2c[nH]c3ccccc23)C(=O)N[C@@H](CCCCN)C(=O)N[C@@H]([C@H](C)O)C(=O)N[C@@H](Cc2ccccc2)C(=O)N1C)C(=O)N[C@@H](CO)C(=O)O. The van der Waals surface area contributed by atoms with Crippen molar-refractivity contribution in [2.75, 3.05) is 49.7 Å². The summed E-state index contributed by atoms with van der Waals surface area (Å²) >= 11 is 5.16. The number of aromatic nitrogens is 1. The second-order valence-electron chi connectivity index (χ2n) is 24.7. The Labute approximate surface area is 597 Å². The van der Waals surface area contributed by atoms with Crippen LogP contribution in [-0.2, 0) is 83.2 Å². The van der Waals surface area contributed by atoms with Gasteiger partial charge in [-0.3, -0.25) is 52.7 Å². The number of benzene rings is 4. The van der Waals surface area contributed by atoms with Gasteiger partial charge in [-0.1, -0.05) is 72.8 Å². The molecule has 0 radical (unpaired) electrons. The first-order valence-corrected chi connectivity index (χ1v) is 34.7. The molecule has 552 valence electrons. The fraction of sp³-hybridized carbons (Fsp3) is 0.441. The van der Waals surface area contributed by atoms with Gasteiger partial charge in [0.25, 0.3) is 0 Å². The molecule has 5 aromatic rings. The van der Waals surface area contributed by atoms with Gasteiger partial charge >= 0.3 is 5.97 Å². The van der Waals surface area contributed by atoms with Gasteiger partial charge in [-0.05, 0) is 104 Å². The Morgan fingerprint density at radius 3 is 1.84 bits per heavy atom. The van der Waals surface area contributed by atoms with E-state index in [0.717, 1.165) is 23.6 Å². The summed E-state index contributed by atoms with van der Waals surface area (Å²) in [6, 6.07) is 10.7. The Balaban J connectivity index is 1.24. The normalized spacial score (nSPS) is 20.0. The van der Waals surface area contributed by atoms with Gasteiger partial charge in [-0.15, -0.1) is 0 Å². The number of carbonyl (C=O) groups excluding carboxylic acids is 11. The van der Waals surface area contributed by atoms with Crippen LogP contribution in [0.15, 0.2) is 109 Å². The third-order valence-electron chi connectivity index (χ3n) is 16.8. The van der Waals surface area contributed by atoms with Crippen LogP contribution in [0.4, 0.5) is 5.69 Å². The number of phenols is 1. The van der Waals surface area contributed by atoms with E-state index < -0.39 is 169 Å². The van der Waals surface area contributed by atoms with Crippen LogP contribution >= 0.6 is 24.4 Å². The molecule has 2 heterocycles. The van der Waals surface area contributed by atoms with Crippen LogP contribution in [0.5, 0.6) is 5.75 Å². The van der Waals surface area contributed by atoms with Crippen molar-refractivity contribution in [1.82, 2.24) is 63.1 Å². The summed E-state index contributed by atoms with van der Waals surface area (Å²) < 4.78 is 0. The minimum absolute atomic E-state index is 0.00768. The molecular weight excluding hydrogens is 1360 g/mol. The zero-order chi connectivity index (χ0) is 74.7. The van der Waals surface area contributed by atoms with E-state index in [-0.39, 0.29) is 62.3 Å². The van der Waals surface area contributed by atoms with E-state index in [1.54, 1.807) is 60.8 Å². The van der Waals surface area contributed by atoms with Gasteiger partial charge in [0.2, 0.25) is 65.0 Å². The molecule has 102 heavy (non-hydrogen) atoms. The predicted octanol–water partition coefficient (Wildman–Crippen LogP) is -3.61. The highest BCUT2D eigenvalue weighted by Crippen LogP contribution is 2.22. The lowest BCUT2D eigenvalue weighted by Gasteiger charge is -2.33. The molecule has 0 saturated carbocycles. The second kappa shape index (κ2) is 40.0. The van der Waals surface area contributed by atoms with E-state index >= 15 is 14.4 Å². The van der Waals surface area contributed by atoms with Crippen molar-refractivity contribution < 1.29 is 83.1 Å². The first kappa shape index (κ1) is 81.1. The summed E-state index contributed by atoms with van der Waals surface area (Å²) in [4.78, 5) is 173. The number of anilines is 1. The number of H-pyrrole nitrogens is 1. The number of nitrogen functional groups attached to an aromatic ring is 1. The van der Waals surface area contributed by atoms with E-state index in [1.165, 1.54) is 50.4 Å². The number of rotatable bonds is 32. The number of nitrogens with one attached hydrogen (secondary N) is 11. The van der Waals surface area contributed by atoms with Gasteiger partial charge in [0.15, 0.2) is 0 Å². The number of hydrogen-bond donors (Lipinski definition) is 20. The maximum atomic E-state index is 15.2. The van der Waals surface area contributed by atoms with Crippen molar-refractivity contribution in [3.8, 4) is 5.75 Å². The molecule has 32 nitrogen and oxygen atoms in total. The molecule has 13 atom stereocenters. The van der Waals surface area contributed by atoms with Gasteiger partial charge in [-0.25, -0.2) is 4.79 Å². The number of aliphatic hydroxyl groups excluding tert-OH is 3. The average Bonchev–Trinajstić information content (AvgIpc) is 1.56. The van der Waals surface area contributed by atoms with Gasteiger partial charge in [0, 0.05) is 67.8 Å². The number of likely N-dealkylation sites (N-methyl/N-ethyl adjacent to an activating group) is 1. The third-order valence-corrected chi connectivity index (χ3v) is 18.1. The maximum Gasteiger partial charge on any atom is 0.328 e. The van der Waals surface area contributed by atoms with Crippen molar-refractivity contribution in [1.29, 1.82) is 0 Å². The van der Waals surface area contributed by atoms with E-state index in [0.29, 0.717) is 51.7 Å². The molecule has 1 aliphatic rings. The molecule has 1 fully saturated rings. The lowest BCUT2D eigenvalue weighted by Crippen LogP contribution is -2.63. The number of aliphatic carboxylic acids is 1. The number of nitrogens with zero attached hydrogens (tertiary/aromatic N) is 1. The number of fused-ring (bicyclic) bond motifs is 1. The fourth-order valence-electron chi connectivity index (χ4n) is 10.9. The van der Waals surface area contributed by atoms with Crippen LogP contribution in [0.25, 0.3) is 10.9 Å². The standard InChI is InChI=1S/C68H91N15O17S2/c1-36(85)56-65(96)78-51(29-38-11-5-4-6-12-38)67(98)83(3)54(64(95)77-49(28-40-18-22-43(87)23-19-40)60(91)76-50(30-41-31-72-46-14-8-7-13-44(41)46)62(93)74-47(59(90)81-56)15-9-10-25-69)24-26-102-35-55(88)73-32-45(71)58(89)75-48(27-39-16-20-42(70)21-17-39)61(92)80-53(34-101)63(94)82-57(37(2)86)66(97)79-52(33-84)68(99)100/h4-8,11-14,16-23,31,36-37,45,47-54,56-57,72,84-87,101H,9-10,15,24-30,32-35,69-71H2,1-3H3,(H,73,88)(H,74,93)(H,75,89)(H,76,91)(H,77,95)(H,78,96)(H,79,97)(H,80,92)(H,81,90)(H,82,94)(H,99,100)/t36-,37-,45-,47-,48-,49-,50+,51-,52-,53-,54-,56-,57-/m0/s1. The number of thiol groups is 1. The third kappa shape index (κ3) is 24.5. The Morgan fingerprint density at radius 2 is 1.21 bits per heavy atom. The van der Waals surface area contributed by atoms with Crippen molar-refractivity contribution >= 4 is 112 Å². The smallest absolute Gasteiger partial charge is 0.328 e. The fourth-order valence-corrected chi connectivity index (χ4v) is 12.0. The molecule has 1 aliphatic heterocycles. The van der Waals surface area contributed by atoms with Crippen molar-refractivity contribution in [2.45, 2.75) is 144 Å². The molecular formula is C68H91N15O17S2. The highest BCUT2D eigenvalue weighted by Gasteiger charge is 2.40. The highest BCUT2D eigenvalue weighted by atomic mass is 32.2.